The largest absolute Gasteiger partial charge is 0.491 e. The van der Waals surface area contributed by atoms with Gasteiger partial charge in [-0.05, 0) is 55.3 Å². The van der Waals surface area contributed by atoms with Crippen LogP contribution < -0.4 is 4.74 Å². The maximum absolute atomic E-state index is 12.8. The van der Waals surface area contributed by atoms with Crippen molar-refractivity contribution in [3.05, 3.63) is 89.5 Å². The lowest BCUT2D eigenvalue weighted by Crippen LogP contribution is -2.28. The Kier molecular flexibility index (Phi) is 5.98. The van der Waals surface area contributed by atoms with E-state index in [9.17, 15) is 4.79 Å². The molecule has 6 nitrogen and oxygen atoms in total. The lowest BCUT2D eigenvalue weighted by molar-refractivity contribution is 0.0779. The molecule has 6 heteroatoms. The van der Waals surface area contributed by atoms with Crippen LogP contribution in [0.3, 0.4) is 0 Å². The number of rotatable bonds is 7. The first kappa shape index (κ1) is 20.6. The van der Waals surface area contributed by atoms with Crippen LogP contribution in [0.5, 0.6) is 5.75 Å². The number of carbonyl (C=O) groups excluding carboxylic acids is 1. The van der Waals surface area contributed by atoms with Crippen LogP contribution in [0.25, 0.3) is 11.0 Å². The Labute approximate surface area is 182 Å². The molecule has 0 N–H and O–H groups in total. The van der Waals surface area contributed by atoms with Gasteiger partial charge < -0.3 is 14.2 Å². The van der Waals surface area contributed by atoms with Crippen LogP contribution in [0, 0.1) is 13.8 Å². The lowest BCUT2D eigenvalue weighted by atomic mass is 10.1. The standard InChI is InChI=1S/C25H26N4O2/c1-18-10-11-19(2)23(15-18)31-14-13-29-22-9-5-4-8-21(22)27-24(29)17-28(3)25(30)20-7-6-12-26-16-20/h4-12,15-16H,13-14,17H2,1-3H3. The van der Waals surface area contributed by atoms with E-state index in [1.807, 2.05) is 31.2 Å². The van der Waals surface area contributed by atoms with Crippen molar-refractivity contribution in [2.24, 2.45) is 0 Å². The molecule has 0 saturated carbocycles. The van der Waals surface area contributed by atoms with E-state index in [-0.39, 0.29) is 5.91 Å². The molecule has 31 heavy (non-hydrogen) atoms. The van der Waals surface area contributed by atoms with E-state index in [4.69, 9.17) is 9.72 Å². The second-order valence-electron chi connectivity index (χ2n) is 7.69. The average Bonchev–Trinajstić information content (AvgIpc) is 3.13. The summed E-state index contributed by atoms with van der Waals surface area (Å²) >= 11 is 0. The summed E-state index contributed by atoms with van der Waals surface area (Å²) in [5.74, 6) is 1.64. The van der Waals surface area contributed by atoms with Crippen molar-refractivity contribution in [3.63, 3.8) is 0 Å². The third-order valence-electron chi connectivity index (χ3n) is 5.28. The molecule has 0 bridgehead atoms. The van der Waals surface area contributed by atoms with E-state index in [1.165, 1.54) is 5.56 Å². The summed E-state index contributed by atoms with van der Waals surface area (Å²) < 4.78 is 8.21. The first-order valence-electron chi connectivity index (χ1n) is 10.3. The first-order chi connectivity index (χ1) is 15.0. The monoisotopic (exact) mass is 414 g/mol. The SMILES string of the molecule is Cc1ccc(C)c(OCCn2c(CN(C)C(=O)c3cccnc3)nc3ccccc32)c1. The number of aromatic nitrogens is 3. The predicted octanol–water partition coefficient (Wildman–Crippen LogP) is 4.40. The highest BCUT2D eigenvalue weighted by molar-refractivity contribution is 5.93. The van der Waals surface area contributed by atoms with Gasteiger partial charge in [0.05, 0.1) is 29.7 Å². The molecule has 0 atom stereocenters. The molecule has 0 saturated heterocycles. The van der Waals surface area contributed by atoms with Crippen molar-refractivity contribution < 1.29 is 9.53 Å². The number of hydrogen-bond donors (Lipinski definition) is 0. The van der Waals surface area contributed by atoms with Crippen molar-refractivity contribution in [2.45, 2.75) is 26.9 Å². The van der Waals surface area contributed by atoms with Gasteiger partial charge >= 0.3 is 0 Å². The minimum absolute atomic E-state index is 0.0849. The zero-order valence-electron chi connectivity index (χ0n) is 18.1. The van der Waals surface area contributed by atoms with Crippen LogP contribution in [-0.4, -0.2) is 39.0 Å². The zero-order valence-corrected chi connectivity index (χ0v) is 18.1. The summed E-state index contributed by atoms with van der Waals surface area (Å²) in [5.41, 5.74) is 4.79. The molecule has 0 radical (unpaired) electrons. The number of para-hydroxylation sites is 2. The number of amides is 1. The Morgan fingerprint density at radius 1 is 1.10 bits per heavy atom. The molecule has 2 heterocycles. The fourth-order valence-electron chi connectivity index (χ4n) is 3.60. The van der Waals surface area contributed by atoms with Gasteiger partial charge in [-0.1, -0.05) is 24.3 Å². The van der Waals surface area contributed by atoms with Gasteiger partial charge in [0, 0.05) is 19.4 Å². The molecular weight excluding hydrogens is 388 g/mol. The number of ether oxygens (including phenoxy) is 1. The highest BCUT2D eigenvalue weighted by Crippen LogP contribution is 2.21. The Balaban J connectivity index is 1.54. The molecule has 2 aromatic heterocycles. The quantitative estimate of drug-likeness (QED) is 0.450. The van der Waals surface area contributed by atoms with Crippen molar-refractivity contribution >= 4 is 16.9 Å². The molecule has 0 aliphatic heterocycles. The van der Waals surface area contributed by atoms with Crippen LogP contribution >= 0.6 is 0 Å². The Bertz CT molecular complexity index is 1200. The number of pyridine rings is 1. The van der Waals surface area contributed by atoms with E-state index in [0.717, 1.165) is 28.2 Å². The van der Waals surface area contributed by atoms with Gasteiger partial charge in [0.25, 0.3) is 5.91 Å². The van der Waals surface area contributed by atoms with E-state index < -0.39 is 0 Å². The minimum Gasteiger partial charge on any atom is -0.491 e. The van der Waals surface area contributed by atoms with Gasteiger partial charge in [-0.25, -0.2) is 4.98 Å². The summed E-state index contributed by atoms with van der Waals surface area (Å²) in [7, 11) is 1.78. The fourth-order valence-corrected chi connectivity index (χ4v) is 3.60. The van der Waals surface area contributed by atoms with Crippen LogP contribution in [0.2, 0.25) is 0 Å². The van der Waals surface area contributed by atoms with E-state index in [1.54, 1.807) is 36.5 Å². The van der Waals surface area contributed by atoms with Gasteiger partial charge in [0.1, 0.15) is 18.2 Å². The maximum atomic E-state index is 12.8. The van der Waals surface area contributed by atoms with Crippen molar-refractivity contribution in [1.82, 2.24) is 19.4 Å². The van der Waals surface area contributed by atoms with Crippen molar-refractivity contribution in [1.29, 1.82) is 0 Å². The lowest BCUT2D eigenvalue weighted by Gasteiger charge is -2.18. The van der Waals surface area contributed by atoms with Gasteiger partial charge in [-0.3, -0.25) is 9.78 Å². The maximum Gasteiger partial charge on any atom is 0.255 e. The number of hydrogen-bond acceptors (Lipinski definition) is 4. The van der Waals surface area contributed by atoms with E-state index in [0.29, 0.717) is 25.3 Å². The third-order valence-corrected chi connectivity index (χ3v) is 5.28. The molecule has 0 aliphatic carbocycles. The normalized spacial score (nSPS) is 10.9. The number of benzene rings is 2. The molecule has 0 fully saturated rings. The molecule has 4 aromatic rings. The summed E-state index contributed by atoms with van der Waals surface area (Å²) in [6, 6.07) is 17.8. The minimum atomic E-state index is -0.0849. The highest BCUT2D eigenvalue weighted by Gasteiger charge is 2.17. The molecule has 1 amide bonds. The number of carbonyl (C=O) groups is 1. The molecule has 4 rings (SSSR count). The van der Waals surface area contributed by atoms with Crippen molar-refractivity contribution in [3.8, 4) is 5.75 Å². The second-order valence-corrected chi connectivity index (χ2v) is 7.69. The van der Waals surface area contributed by atoms with E-state index >= 15 is 0 Å². The molecular formula is C25H26N4O2. The summed E-state index contributed by atoms with van der Waals surface area (Å²) in [4.78, 5) is 23.3. The van der Waals surface area contributed by atoms with Crippen LogP contribution in [0.15, 0.2) is 67.0 Å². The molecule has 2 aromatic carbocycles. The van der Waals surface area contributed by atoms with Gasteiger partial charge in [0.15, 0.2) is 0 Å². The Hall–Kier alpha value is -3.67. The van der Waals surface area contributed by atoms with Crippen molar-refractivity contribution in [2.75, 3.05) is 13.7 Å². The molecule has 0 spiro atoms. The van der Waals surface area contributed by atoms with Gasteiger partial charge in [-0.2, -0.15) is 0 Å². The van der Waals surface area contributed by atoms with E-state index in [2.05, 4.69) is 34.7 Å². The Morgan fingerprint density at radius 2 is 1.94 bits per heavy atom. The first-order valence-corrected chi connectivity index (χ1v) is 10.3. The molecule has 0 aliphatic rings. The van der Waals surface area contributed by atoms with Crippen LogP contribution in [0.4, 0.5) is 0 Å². The van der Waals surface area contributed by atoms with Gasteiger partial charge in [0.2, 0.25) is 0 Å². The zero-order chi connectivity index (χ0) is 21.8. The third kappa shape index (κ3) is 4.58. The second kappa shape index (κ2) is 9.00. The average molecular weight is 415 g/mol. The van der Waals surface area contributed by atoms with Gasteiger partial charge in [-0.15, -0.1) is 0 Å². The number of fused-ring (bicyclic) bond motifs is 1. The fraction of sp³-hybridized carbons (Fsp3) is 0.240. The smallest absolute Gasteiger partial charge is 0.255 e. The molecule has 158 valence electrons. The number of nitrogens with zero attached hydrogens (tertiary/aromatic N) is 4. The topological polar surface area (TPSA) is 60.2 Å². The Morgan fingerprint density at radius 3 is 2.74 bits per heavy atom. The highest BCUT2D eigenvalue weighted by atomic mass is 16.5. The number of aryl methyl sites for hydroxylation is 2. The number of imidazole rings is 1. The predicted molar refractivity (Wildman–Crippen MR) is 121 cm³/mol. The van der Waals surface area contributed by atoms with Crippen LogP contribution in [-0.2, 0) is 13.1 Å². The summed E-state index contributed by atoms with van der Waals surface area (Å²) in [6.07, 6.45) is 3.24. The molecule has 0 unspecified atom stereocenters. The summed E-state index contributed by atoms with van der Waals surface area (Å²) in [6.45, 7) is 5.65. The van der Waals surface area contributed by atoms with Crippen LogP contribution in [0.1, 0.15) is 27.3 Å². The summed E-state index contributed by atoms with van der Waals surface area (Å²) in [5, 5.41) is 0.